The third-order valence-electron chi connectivity index (χ3n) is 2.20. The molecule has 0 spiro atoms. The lowest BCUT2D eigenvalue weighted by Crippen LogP contribution is -2.15. The molecule has 1 aromatic heterocycles. The van der Waals surface area contributed by atoms with Gasteiger partial charge in [-0.15, -0.1) is 10.2 Å². The molecule has 2 rings (SSSR count). The minimum atomic E-state index is -3.84. The number of nitrogens with two attached hydrogens (primary N) is 2. The monoisotopic (exact) mass is 269 g/mol. The van der Waals surface area contributed by atoms with Crippen LogP contribution < -0.4 is 16.2 Å². The normalized spacial score (nSPS) is 11.4. The summed E-state index contributed by atoms with van der Waals surface area (Å²) in [5.74, 6) is 0.426. The fourth-order valence-corrected chi connectivity index (χ4v) is 2.06. The zero-order chi connectivity index (χ0) is 13.2. The smallest absolute Gasteiger partial charge is 0.240 e. The van der Waals surface area contributed by atoms with Crippen molar-refractivity contribution in [1.82, 2.24) is 20.6 Å². The van der Waals surface area contributed by atoms with E-state index in [9.17, 15) is 8.42 Å². The van der Waals surface area contributed by atoms with Gasteiger partial charge in [0.2, 0.25) is 10.0 Å². The summed E-state index contributed by atoms with van der Waals surface area (Å²) in [4.78, 5) is -0.124. The van der Waals surface area contributed by atoms with Crippen molar-refractivity contribution < 1.29 is 8.42 Å². The van der Waals surface area contributed by atoms with Crippen molar-refractivity contribution in [1.29, 1.82) is 0 Å². The van der Waals surface area contributed by atoms with Gasteiger partial charge in [-0.25, -0.2) is 13.6 Å². The van der Waals surface area contributed by atoms with Crippen LogP contribution in [0.5, 0.6) is 0 Å². The molecule has 0 atom stereocenters. The number of nitrogen functional groups attached to an aromatic ring is 1. The number of sulfonamides is 1. The number of primary sulfonamides is 1. The summed E-state index contributed by atoms with van der Waals surface area (Å²) in [6.07, 6.45) is 0. The van der Waals surface area contributed by atoms with Gasteiger partial charge < -0.3 is 11.1 Å². The number of nitrogens with zero attached hydrogens (tertiary/aromatic N) is 3. The third-order valence-corrected chi connectivity index (χ3v) is 3.17. The number of rotatable bonds is 4. The van der Waals surface area contributed by atoms with Crippen molar-refractivity contribution in [2.24, 2.45) is 5.14 Å². The van der Waals surface area contributed by atoms with E-state index in [4.69, 9.17) is 10.9 Å². The van der Waals surface area contributed by atoms with E-state index in [1.165, 1.54) is 12.1 Å². The molecule has 0 aliphatic rings. The molecule has 2 aromatic rings. The maximum atomic E-state index is 11.3. The molecule has 9 nitrogen and oxygen atoms in total. The summed E-state index contributed by atoms with van der Waals surface area (Å²) < 4.78 is 22.5. The highest BCUT2D eigenvalue weighted by atomic mass is 32.2. The first-order valence-electron chi connectivity index (χ1n) is 4.86. The fourth-order valence-electron chi connectivity index (χ4n) is 1.38. The molecule has 0 fully saturated rings. The number of nitrogens with one attached hydrogen (secondary N) is 2. The molecule has 6 N–H and O–H groups in total. The SMILES string of the molecule is Nc1c(NCc2nn[nH]n2)cccc1S(N)(=O)=O. The quantitative estimate of drug-likeness (QED) is 0.521. The topological polar surface area (TPSA) is 153 Å². The summed E-state index contributed by atoms with van der Waals surface area (Å²) in [6.45, 7) is 0.259. The minimum absolute atomic E-state index is 0.0588. The molecule has 18 heavy (non-hydrogen) atoms. The van der Waals surface area contributed by atoms with E-state index in [-0.39, 0.29) is 17.1 Å². The second kappa shape index (κ2) is 4.58. The van der Waals surface area contributed by atoms with Crippen LogP contribution in [-0.2, 0) is 16.6 Å². The van der Waals surface area contributed by atoms with Crippen LogP contribution in [0.2, 0.25) is 0 Å². The van der Waals surface area contributed by atoms with Crippen LogP contribution in [0.3, 0.4) is 0 Å². The van der Waals surface area contributed by atoms with Gasteiger partial charge in [-0.1, -0.05) is 11.3 Å². The maximum Gasteiger partial charge on any atom is 0.240 e. The number of hydrogen-bond acceptors (Lipinski definition) is 7. The molecular formula is C8H11N7O2S. The molecule has 0 aliphatic heterocycles. The zero-order valence-electron chi connectivity index (χ0n) is 9.16. The van der Waals surface area contributed by atoms with E-state index in [2.05, 4.69) is 25.9 Å². The lowest BCUT2D eigenvalue weighted by atomic mass is 10.2. The van der Waals surface area contributed by atoms with Gasteiger partial charge in [0.1, 0.15) is 4.90 Å². The average molecular weight is 269 g/mol. The Labute approximate surface area is 103 Å². The molecule has 0 saturated heterocycles. The molecule has 0 unspecified atom stereocenters. The Morgan fingerprint density at radius 3 is 2.78 bits per heavy atom. The minimum Gasteiger partial charge on any atom is -0.396 e. The van der Waals surface area contributed by atoms with E-state index < -0.39 is 10.0 Å². The van der Waals surface area contributed by atoms with E-state index in [0.717, 1.165) is 0 Å². The summed E-state index contributed by atoms with van der Waals surface area (Å²) in [5, 5.41) is 21.1. The van der Waals surface area contributed by atoms with Crippen LogP contribution in [0.15, 0.2) is 23.1 Å². The van der Waals surface area contributed by atoms with Crippen molar-refractivity contribution in [2.75, 3.05) is 11.1 Å². The number of H-pyrrole nitrogens is 1. The number of aromatic nitrogens is 4. The van der Waals surface area contributed by atoms with Crippen molar-refractivity contribution >= 4 is 21.4 Å². The molecule has 0 amide bonds. The van der Waals surface area contributed by atoms with Crippen LogP contribution in [0.1, 0.15) is 5.82 Å². The molecule has 0 aliphatic carbocycles. The standard InChI is InChI=1S/C8H11N7O2S/c9-8-5(11-4-7-12-14-15-13-7)2-1-3-6(8)18(10,16)17/h1-3,11H,4,9H2,(H2,10,16,17)(H,12,13,14,15). The second-order valence-electron chi connectivity index (χ2n) is 3.44. The van der Waals surface area contributed by atoms with Crippen LogP contribution in [-0.4, -0.2) is 29.0 Å². The highest BCUT2D eigenvalue weighted by molar-refractivity contribution is 7.89. The maximum absolute atomic E-state index is 11.3. The third kappa shape index (κ3) is 2.55. The largest absolute Gasteiger partial charge is 0.396 e. The Hall–Kier alpha value is -2.20. The van der Waals surface area contributed by atoms with Gasteiger partial charge in [-0.2, -0.15) is 5.21 Å². The highest BCUT2D eigenvalue weighted by Gasteiger charge is 2.14. The summed E-state index contributed by atoms with van der Waals surface area (Å²) in [7, 11) is -3.84. The van der Waals surface area contributed by atoms with Gasteiger partial charge in [0.25, 0.3) is 0 Å². The van der Waals surface area contributed by atoms with Crippen LogP contribution >= 0.6 is 0 Å². The Morgan fingerprint density at radius 1 is 1.39 bits per heavy atom. The molecule has 10 heteroatoms. The number of anilines is 2. The van der Waals surface area contributed by atoms with Gasteiger partial charge in [0.05, 0.1) is 17.9 Å². The molecule has 0 bridgehead atoms. The molecule has 1 aromatic carbocycles. The number of tetrazole rings is 1. The number of hydrogen-bond donors (Lipinski definition) is 4. The van der Waals surface area contributed by atoms with Crippen LogP contribution in [0.25, 0.3) is 0 Å². The lowest BCUT2D eigenvalue weighted by molar-refractivity contribution is 0.598. The first-order chi connectivity index (χ1) is 8.48. The predicted molar refractivity (Wildman–Crippen MR) is 63.7 cm³/mol. The highest BCUT2D eigenvalue weighted by Crippen LogP contribution is 2.25. The van der Waals surface area contributed by atoms with E-state index in [0.29, 0.717) is 11.5 Å². The number of para-hydroxylation sites is 1. The Kier molecular flexibility index (Phi) is 3.12. The molecule has 96 valence electrons. The summed E-state index contributed by atoms with van der Waals surface area (Å²) in [5.41, 5.74) is 6.22. The van der Waals surface area contributed by atoms with E-state index in [1.807, 2.05) is 0 Å². The second-order valence-corrected chi connectivity index (χ2v) is 4.97. The van der Waals surface area contributed by atoms with E-state index >= 15 is 0 Å². The van der Waals surface area contributed by atoms with Gasteiger partial charge in [-0.05, 0) is 12.1 Å². The Balaban J connectivity index is 2.24. The van der Waals surface area contributed by atoms with Crippen molar-refractivity contribution in [2.45, 2.75) is 11.4 Å². The van der Waals surface area contributed by atoms with Gasteiger partial charge in [-0.3, -0.25) is 0 Å². The van der Waals surface area contributed by atoms with Gasteiger partial charge in [0.15, 0.2) is 5.82 Å². The molecular weight excluding hydrogens is 258 g/mol. The number of benzene rings is 1. The van der Waals surface area contributed by atoms with Crippen molar-refractivity contribution in [3.63, 3.8) is 0 Å². The molecule has 1 heterocycles. The lowest BCUT2D eigenvalue weighted by Gasteiger charge is -2.10. The van der Waals surface area contributed by atoms with Crippen LogP contribution in [0, 0.1) is 0 Å². The Morgan fingerprint density at radius 2 is 2.17 bits per heavy atom. The van der Waals surface area contributed by atoms with Gasteiger partial charge >= 0.3 is 0 Å². The first kappa shape index (κ1) is 12.3. The predicted octanol–water partition coefficient (Wildman–Crippen LogP) is -0.959. The number of aromatic amines is 1. The zero-order valence-corrected chi connectivity index (χ0v) is 9.98. The summed E-state index contributed by atoms with van der Waals surface area (Å²) in [6, 6.07) is 4.50. The fraction of sp³-hybridized carbons (Fsp3) is 0.125. The molecule has 0 radical (unpaired) electrons. The van der Waals surface area contributed by atoms with Crippen molar-refractivity contribution in [3.05, 3.63) is 24.0 Å². The first-order valence-corrected chi connectivity index (χ1v) is 6.40. The van der Waals surface area contributed by atoms with Gasteiger partial charge in [0, 0.05) is 0 Å². The van der Waals surface area contributed by atoms with Crippen LogP contribution in [0.4, 0.5) is 11.4 Å². The average Bonchev–Trinajstić information content (AvgIpc) is 2.79. The van der Waals surface area contributed by atoms with Crippen molar-refractivity contribution in [3.8, 4) is 0 Å². The van der Waals surface area contributed by atoms with E-state index in [1.54, 1.807) is 6.07 Å². The molecule has 0 saturated carbocycles. The summed E-state index contributed by atoms with van der Waals surface area (Å²) >= 11 is 0. The Bertz CT molecular complexity index is 637.